The second kappa shape index (κ2) is 6.82. The number of rotatable bonds is 6. The van der Waals surface area contributed by atoms with Crippen LogP contribution in [0.25, 0.3) is 0 Å². The molecule has 4 heteroatoms. The van der Waals surface area contributed by atoms with Crippen LogP contribution in [0.3, 0.4) is 0 Å². The van der Waals surface area contributed by atoms with E-state index < -0.39 is 5.91 Å². The minimum absolute atomic E-state index is 0.212. The number of halogens is 1. The number of amides is 1. The van der Waals surface area contributed by atoms with Crippen molar-refractivity contribution in [3.8, 4) is 0 Å². The summed E-state index contributed by atoms with van der Waals surface area (Å²) < 4.78 is 12.7. The van der Waals surface area contributed by atoms with Gasteiger partial charge in [-0.1, -0.05) is 24.3 Å². The fourth-order valence-electron chi connectivity index (χ4n) is 1.90. The lowest BCUT2D eigenvalue weighted by molar-refractivity contribution is 0.100. The van der Waals surface area contributed by atoms with E-state index in [1.807, 2.05) is 12.1 Å². The minimum atomic E-state index is -0.416. The first kappa shape index (κ1) is 14.2. The number of nitrogens with one attached hydrogen (secondary N) is 1. The summed E-state index contributed by atoms with van der Waals surface area (Å²) in [5.41, 5.74) is 7.88. The van der Waals surface area contributed by atoms with E-state index in [-0.39, 0.29) is 5.82 Å². The van der Waals surface area contributed by atoms with Crippen LogP contribution >= 0.6 is 0 Å². The van der Waals surface area contributed by atoms with Crippen LogP contribution in [0.5, 0.6) is 0 Å². The summed E-state index contributed by atoms with van der Waals surface area (Å²) >= 11 is 0. The van der Waals surface area contributed by atoms with Crippen molar-refractivity contribution in [1.82, 2.24) is 5.32 Å². The van der Waals surface area contributed by atoms with E-state index in [0.717, 1.165) is 30.6 Å². The van der Waals surface area contributed by atoms with Crippen LogP contribution in [0.1, 0.15) is 21.5 Å². The zero-order chi connectivity index (χ0) is 14.4. The summed E-state index contributed by atoms with van der Waals surface area (Å²) in [5.74, 6) is -0.628. The Balaban J connectivity index is 1.75. The standard InChI is InChI=1S/C16H17FN2O/c17-15-7-3-12(4-8-15)9-10-19-11-13-1-5-14(6-2-13)16(18)20/h1-8,19H,9-11H2,(H2,18,20). The molecule has 0 saturated carbocycles. The SMILES string of the molecule is NC(=O)c1ccc(CNCCc2ccc(F)cc2)cc1. The van der Waals surface area contributed by atoms with E-state index in [4.69, 9.17) is 5.73 Å². The molecular formula is C16H17FN2O. The summed E-state index contributed by atoms with van der Waals surface area (Å²) in [5, 5.41) is 3.30. The maximum Gasteiger partial charge on any atom is 0.248 e. The van der Waals surface area contributed by atoms with Gasteiger partial charge in [0.15, 0.2) is 0 Å². The van der Waals surface area contributed by atoms with Gasteiger partial charge < -0.3 is 11.1 Å². The quantitative estimate of drug-likeness (QED) is 0.792. The first-order valence-corrected chi connectivity index (χ1v) is 6.49. The maximum absolute atomic E-state index is 12.7. The highest BCUT2D eigenvalue weighted by atomic mass is 19.1. The molecule has 0 radical (unpaired) electrons. The van der Waals surface area contributed by atoms with Crippen molar-refractivity contribution in [2.45, 2.75) is 13.0 Å². The molecule has 20 heavy (non-hydrogen) atoms. The van der Waals surface area contributed by atoms with Gasteiger partial charge in [0.25, 0.3) is 0 Å². The molecule has 3 nitrogen and oxygen atoms in total. The Morgan fingerprint density at radius 2 is 1.60 bits per heavy atom. The molecular weight excluding hydrogens is 255 g/mol. The summed E-state index contributed by atoms with van der Waals surface area (Å²) in [6.45, 7) is 1.53. The Morgan fingerprint density at radius 1 is 1.00 bits per heavy atom. The van der Waals surface area contributed by atoms with Crippen molar-refractivity contribution in [3.05, 3.63) is 71.0 Å². The van der Waals surface area contributed by atoms with Gasteiger partial charge in [-0.25, -0.2) is 4.39 Å². The number of benzene rings is 2. The van der Waals surface area contributed by atoms with Gasteiger partial charge in [0.05, 0.1) is 0 Å². The second-order valence-electron chi connectivity index (χ2n) is 4.61. The number of primary amides is 1. The Bertz CT molecular complexity index is 564. The second-order valence-corrected chi connectivity index (χ2v) is 4.61. The van der Waals surface area contributed by atoms with E-state index in [2.05, 4.69) is 5.32 Å². The molecule has 0 bridgehead atoms. The van der Waals surface area contributed by atoms with Crippen molar-refractivity contribution >= 4 is 5.91 Å². The third-order valence-electron chi connectivity index (χ3n) is 3.07. The molecule has 0 atom stereocenters. The Kier molecular flexibility index (Phi) is 4.85. The van der Waals surface area contributed by atoms with Gasteiger partial charge >= 0.3 is 0 Å². The highest BCUT2D eigenvalue weighted by Crippen LogP contribution is 2.05. The number of carbonyl (C=O) groups is 1. The molecule has 0 spiro atoms. The van der Waals surface area contributed by atoms with E-state index in [0.29, 0.717) is 5.56 Å². The molecule has 1 amide bonds. The van der Waals surface area contributed by atoms with Crippen molar-refractivity contribution in [1.29, 1.82) is 0 Å². The molecule has 0 unspecified atom stereocenters. The average Bonchev–Trinajstić information content (AvgIpc) is 2.46. The molecule has 0 heterocycles. The van der Waals surface area contributed by atoms with E-state index in [1.165, 1.54) is 12.1 Å². The van der Waals surface area contributed by atoms with Crippen molar-refractivity contribution in [2.24, 2.45) is 5.73 Å². The first-order chi connectivity index (χ1) is 9.65. The van der Waals surface area contributed by atoms with E-state index >= 15 is 0 Å². The zero-order valence-electron chi connectivity index (χ0n) is 11.1. The number of hydrogen-bond acceptors (Lipinski definition) is 2. The predicted molar refractivity (Wildman–Crippen MR) is 76.8 cm³/mol. The smallest absolute Gasteiger partial charge is 0.248 e. The predicted octanol–water partition coefficient (Wildman–Crippen LogP) is 2.26. The normalized spacial score (nSPS) is 10.4. The molecule has 0 aromatic heterocycles. The fourth-order valence-corrected chi connectivity index (χ4v) is 1.90. The molecule has 0 aliphatic carbocycles. The van der Waals surface area contributed by atoms with Crippen LogP contribution in [-0.2, 0) is 13.0 Å². The highest BCUT2D eigenvalue weighted by Gasteiger charge is 1.99. The van der Waals surface area contributed by atoms with E-state index in [9.17, 15) is 9.18 Å². The average molecular weight is 272 g/mol. The van der Waals surface area contributed by atoms with Crippen LogP contribution in [0.2, 0.25) is 0 Å². The van der Waals surface area contributed by atoms with Crippen molar-refractivity contribution in [2.75, 3.05) is 6.54 Å². The lowest BCUT2D eigenvalue weighted by Crippen LogP contribution is -2.17. The number of hydrogen-bond donors (Lipinski definition) is 2. The van der Waals surface area contributed by atoms with Crippen LogP contribution in [0.15, 0.2) is 48.5 Å². The van der Waals surface area contributed by atoms with Gasteiger partial charge in [-0.05, 0) is 48.4 Å². The van der Waals surface area contributed by atoms with Crippen LogP contribution in [0, 0.1) is 5.82 Å². The van der Waals surface area contributed by atoms with Gasteiger partial charge in [-0.2, -0.15) is 0 Å². The maximum atomic E-state index is 12.7. The summed E-state index contributed by atoms with van der Waals surface area (Å²) in [6, 6.07) is 13.7. The molecule has 0 aliphatic rings. The van der Waals surface area contributed by atoms with E-state index in [1.54, 1.807) is 24.3 Å². The fraction of sp³-hybridized carbons (Fsp3) is 0.188. The van der Waals surface area contributed by atoms with Gasteiger partial charge in [-0.15, -0.1) is 0 Å². The lowest BCUT2D eigenvalue weighted by Gasteiger charge is -2.06. The Labute approximate surface area is 117 Å². The summed E-state index contributed by atoms with van der Waals surface area (Å²) in [7, 11) is 0. The molecule has 104 valence electrons. The first-order valence-electron chi connectivity index (χ1n) is 6.49. The monoisotopic (exact) mass is 272 g/mol. The van der Waals surface area contributed by atoms with Crippen LogP contribution in [-0.4, -0.2) is 12.5 Å². The van der Waals surface area contributed by atoms with Crippen molar-refractivity contribution < 1.29 is 9.18 Å². The number of carbonyl (C=O) groups excluding carboxylic acids is 1. The molecule has 0 saturated heterocycles. The third-order valence-corrected chi connectivity index (χ3v) is 3.07. The molecule has 2 aromatic carbocycles. The lowest BCUT2D eigenvalue weighted by atomic mass is 10.1. The molecule has 3 N–H and O–H groups in total. The Morgan fingerprint density at radius 3 is 2.20 bits per heavy atom. The number of nitrogens with two attached hydrogens (primary N) is 1. The van der Waals surface area contributed by atoms with Crippen molar-refractivity contribution in [3.63, 3.8) is 0 Å². The largest absolute Gasteiger partial charge is 0.366 e. The topological polar surface area (TPSA) is 55.1 Å². The summed E-state index contributed by atoms with van der Waals surface area (Å²) in [4.78, 5) is 10.9. The van der Waals surface area contributed by atoms with Gasteiger partial charge in [0.1, 0.15) is 5.82 Å². The molecule has 2 aromatic rings. The minimum Gasteiger partial charge on any atom is -0.366 e. The highest BCUT2D eigenvalue weighted by molar-refractivity contribution is 5.92. The molecule has 2 rings (SSSR count). The third kappa shape index (κ3) is 4.17. The summed E-state index contributed by atoms with van der Waals surface area (Å²) in [6.07, 6.45) is 0.847. The zero-order valence-corrected chi connectivity index (χ0v) is 11.1. The van der Waals surface area contributed by atoms with Gasteiger partial charge in [0, 0.05) is 12.1 Å². The van der Waals surface area contributed by atoms with Crippen LogP contribution in [0.4, 0.5) is 4.39 Å². The molecule has 0 fully saturated rings. The Hall–Kier alpha value is -2.20. The van der Waals surface area contributed by atoms with Crippen LogP contribution < -0.4 is 11.1 Å². The van der Waals surface area contributed by atoms with Gasteiger partial charge in [-0.3, -0.25) is 4.79 Å². The van der Waals surface area contributed by atoms with Gasteiger partial charge in [0.2, 0.25) is 5.91 Å². The molecule has 0 aliphatic heterocycles.